The molecule has 0 fully saturated rings. The van der Waals surface area contributed by atoms with Crippen LogP contribution in [0, 0.1) is 12.8 Å². The molecule has 90 valence electrons. The van der Waals surface area contributed by atoms with Crippen molar-refractivity contribution in [3.8, 4) is 0 Å². The maximum atomic E-state index is 12.0. The van der Waals surface area contributed by atoms with Gasteiger partial charge in [0.25, 0.3) is 0 Å². The fraction of sp³-hybridized carbons (Fsp3) is 0.538. The first-order valence-electron chi connectivity index (χ1n) is 5.75. The maximum Gasteiger partial charge on any atom is 0.0532 e. The predicted octanol–water partition coefficient (Wildman–Crippen LogP) is 3.12. The van der Waals surface area contributed by atoms with E-state index in [2.05, 4.69) is 13.8 Å². The lowest BCUT2D eigenvalue weighted by atomic mass is 10.1. The van der Waals surface area contributed by atoms with Crippen LogP contribution < -0.4 is 5.73 Å². The first-order valence-corrected chi connectivity index (χ1v) is 7.07. The molecule has 0 amide bonds. The highest BCUT2D eigenvalue weighted by molar-refractivity contribution is 7.85. The first-order chi connectivity index (χ1) is 7.50. The fourth-order valence-electron chi connectivity index (χ4n) is 1.66. The number of hydrogen-bond donors (Lipinski definition) is 1. The van der Waals surface area contributed by atoms with E-state index in [1.54, 1.807) is 0 Å². The van der Waals surface area contributed by atoms with E-state index in [9.17, 15) is 4.21 Å². The normalized spacial score (nSPS) is 13.0. The van der Waals surface area contributed by atoms with E-state index in [1.165, 1.54) is 0 Å². The van der Waals surface area contributed by atoms with Crippen LogP contribution in [0.2, 0.25) is 0 Å². The lowest BCUT2D eigenvalue weighted by Gasteiger charge is -2.07. The van der Waals surface area contributed by atoms with Gasteiger partial charge in [-0.05, 0) is 43.0 Å². The van der Waals surface area contributed by atoms with Gasteiger partial charge in [-0.15, -0.1) is 0 Å². The molecule has 0 heterocycles. The molecule has 0 aromatic heterocycles. The average molecular weight is 239 g/mol. The van der Waals surface area contributed by atoms with Crippen molar-refractivity contribution in [1.29, 1.82) is 0 Å². The molecule has 16 heavy (non-hydrogen) atoms. The van der Waals surface area contributed by atoms with Crippen molar-refractivity contribution in [1.82, 2.24) is 0 Å². The van der Waals surface area contributed by atoms with Crippen molar-refractivity contribution in [2.45, 2.75) is 38.5 Å². The number of anilines is 1. The second-order valence-corrected chi connectivity index (χ2v) is 6.15. The molecule has 0 aliphatic carbocycles. The van der Waals surface area contributed by atoms with Crippen LogP contribution in [0.25, 0.3) is 0 Å². The lowest BCUT2D eigenvalue weighted by Crippen LogP contribution is -2.02. The number of rotatable bonds is 5. The summed E-state index contributed by atoms with van der Waals surface area (Å²) in [6.07, 6.45) is 2.16. The Hall–Kier alpha value is -0.830. The molecule has 0 aliphatic heterocycles. The predicted molar refractivity (Wildman–Crippen MR) is 70.9 cm³/mol. The summed E-state index contributed by atoms with van der Waals surface area (Å²) in [5, 5.41) is 0. The van der Waals surface area contributed by atoms with Gasteiger partial charge in [-0.2, -0.15) is 0 Å². The number of aryl methyl sites for hydroxylation is 1. The Balaban J connectivity index is 2.59. The molecule has 0 saturated heterocycles. The number of hydrogen-bond acceptors (Lipinski definition) is 2. The molecule has 1 unspecified atom stereocenters. The van der Waals surface area contributed by atoms with Gasteiger partial charge in [0.1, 0.15) is 0 Å². The van der Waals surface area contributed by atoms with E-state index >= 15 is 0 Å². The van der Waals surface area contributed by atoms with Crippen LogP contribution >= 0.6 is 0 Å². The van der Waals surface area contributed by atoms with Crippen LogP contribution in [0.1, 0.15) is 32.3 Å². The van der Waals surface area contributed by atoms with Gasteiger partial charge >= 0.3 is 0 Å². The Kier molecular flexibility index (Phi) is 5.00. The van der Waals surface area contributed by atoms with E-state index in [-0.39, 0.29) is 0 Å². The van der Waals surface area contributed by atoms with Gasteiger partial charge in [0.15, 0.2) is 0 Å². The minimum absolute atomic E-state index is 0.685. The summed E-state index contributed by atoms with van der Waals surface area (Å²) in [6.45, 7) is 6.35. The molecule has 2 N–H and O–H groups in total. The fourth-order valence-corrected chi connectivity index (χ4v) is 2.95. The summed E-state index contributed by atoms with van der Waals surface area (Å²) in [7, 11) is -0.875. The molecule has 0 aliphatic rings. The number of nitrogen functional groups attached to an aromatic ring is 1. The third-order valence-corrected chi connectivity index (χ3v) is 4.16. The van der Waals surface area contributed by atoms with Crippen molar-refractivity contribution in [2.24, 2.45) is 5.92 Å². The molecule has 1 aromatic rings. The molecule has 2 nitrogen and oxygen atoms in total. The van der Waals surface area contributed by atoms with Gasteiger partial charge in [0.05, 0.1) is 10.8 Å². The molecule has 1 aromatic carbocycles. The highest BCUT2D eigenvalue weighted by atomic mass is 32.2. The summed E-state index contributed by atoms with van der Waals surface area (Å²) in [6, 6.07) is 5.59. The van der Waals surface area contributed by atoms with Crippen LogP contribution in [-0.4, -0.2) is 9.96 Å². The minimum atomic E-state index is -0.875. The molecular formula is C13H21NOS. The van der Waals surface area contributed by atoms with Crippen LogP contribution in [0.5, 0.6) is 0 Å². The van der Waals surface area contributed by atoms with Crippen molar-refractivity contribution >= 4 is 16.5 Å². The molecule has 0 bridgehead atoms. The zero-order valence-corrected chi connectivity index (χ0v) is 11.1. The molecular weight excluding hydrogens is 218 g/mol. The second-order valence-electron chi connectivity index (χ2n) is 4.61. The van der Waals surface area contributed by atoms with Gasteiger partial charge in [-0.25, -0.2) is 0 Å². The highest BCUT2D eigenvalue weighted by Crippen LogP contribution is 2.17. The molecule has 3 heteroatoms. The maximum absolute atomic E-state index is 12.0. The Morgan fingerprint density at radius 2 is 2.06 bits per heavy atom. The largest absolute Gasteiger partial charge is 0.399 e. The zero-order chi connectivity index (χ0) is 12.1. The summed E-state index contributed by atoms with van der Waals surface area (Å²) in [4.78, 5) is 0.929. The van der Waals surface area contributed by atoms with Crippen molar-refractivity contribution < 1.29 is 4.21 Å². The molecule has 0 saturated carbocycles. The van der Waals surface area contributed by atoms with Gasteiger partial charge in [-0.1, -0.05) is 20.3 Å². The third-order valence-electron chi connectivity index (χ3n) is 2.56. The topological polar surface area (TPSA) is 43.1 Å². The molecule has 0 spiro atoms. The van der Waals surface area contributed by atoms with Crippen LogP contribution in [0.4, 0.5) is 5.69 Å². The quantitative estimate of drug-likeness (QED) is 0.802. The minimum Gasteiger partial charge on any atom is -0.399 e. The van der Waals surface area contributed by atoms with Crippen molar-refractivity contribution in [3.05, 3.63) is 23.8 Å². The van der Waals surface area contributed by atoms with Crippen LogP contribution in [0.3, 0.4) is 0 Å². The lowest BCUT2D eigenvalue weighted by molar-refractivity contribution is 0.575. The highest BCUT2D eigenvalue weighted by Gasteiger charge is 2.07. The Bertz CT molecular complexity index is 374. The van der Waals surface area contributed by atoms with Crippen LogP contribution in [-0.2, 0) is 10.8 Å². The smallest absolute Gasteiger partial charge is 0.0532 e. The zero-order valence-electron chi connectivity index (χ0n) is 10.3. The average Bonchev–Trinajstić information content (AvgIpc) is 2.16. The van der Waals surface area contributed by atoms with Gasteiger partial charge in [0.2, 0.25) is 0 Å². The van der Waals surface area contributed by atoms with Gasteiger partial charge in [-0.3, -0.25) is 4.21 Å². The Labute approximate surface area is 101 Å². The summed E-state index contributed by atoms with van der Waals surface area (Å²) in [5.74, 6) is 1.44. The second kappa shape index (κ2) is 6.04. The first kappa shape index (κ1) is 13.2. The van der Waals surface area contributed by atoms with Gasteiger partial charge < -0.3 is 5.73 Å². The van der Waals surface area contributed by atoms with Gasteiger partial charge in [0, 0.05) is 16.3 Å². The Morgan fingerprint density at radius 3 is 2.62 bits per heavy atom. The Morgan fingerprint density at radius 1 is 1.38 bits per heavy atom. The SMILES string of the molecule is Cc1cc(N)ccc1S(=O)CCCC(C)C. The van der Waals surface area contributed by atoms with Crippen LogP contribution in [0.15, 0.2) is 23.1 Å². The van der Waals surface area contributed by atoms with Crippen molar-refractivity contribution in [3.63, 3.8) is 0 Å². The van der Waals surface area contributed by atoms with E-state index in [0.717, 1.165) is 34.7 Å². The number of nitrogens with two attached hydrogens (primary N) is 1. The summed E-state index contributed by atoms with van der Waals surface area (Å²) < 4.78 is 12.0. The van der Waals surface area contributed by atoms with E-state index in [0.29, 0.717) is 5.92 Å². The molecule has 1 rings (SSSR count). The third kappa shape index (κ3) is 3.97. The van der Waals surface area contributed by atoms with E-state index in [4.69, 9.17) is 5.73 Å². The number of benzene rings is 1. The summed E-state index contributed by atoms with van der Waals surface area (Å²) in [5.41, 5.74) is 7.44. The summed E-state index contributed by atoms with van der Waals surface area (Å²) >= 11 is 0. The molecule has 1 atom stereocenters. The van der Waals surface area contributed by atoms with Crippen molar-refractivity contribution in [2.75, 3.05) is 11.5 Å². The monoisotopic (exact) mass is 239 g/mol. The standard InChI is InChI=1S/C13H21NOS/c1-10(2)5-4-8-16(15)13-7-6-12(14)9-11(13)3/h6-7,9-10H,4-5,8,14H2,1-3H3. The molecule has 0 radical (unpaired) electrons. The van der Waals surface area contributed by atoms with E-state index in [1.807, 2.05) is 25.1 Å². The van der Waals surface area contributed by atoms with E-state index < -0.39 is 10.8 Å².